The molecule has 0 aromatic heterocycles. The molecule has 0 aromatic carbocycles. The summed E-state index contributed by atoms with van der Waals surface area (Å²) in [6, 6.07) is 0. The van der Waals surface area contributed by atoms with Gasteiger partial charge in [-0.25, -0.2) is 0 Å². The fraction of sp³-hybridized carbons (Fsp3) is 0.962. The first kappa shape index (κ1) is 26.4. The maximum Gasteiger partial charge on any atom is 0.266 e. The molecule has 1 amide bonds. The van der Waals surface area contributed by atoms with Crippen molar-refractivity contribution in [3.8, 4) is 0 Å². The van der Waals surface area contributed by atoms with Gasteiger partial charge < -0.3 is 15.5 Å². The molecule has 4 rings (SSSR count). The van der Waals surface area contributed by atoms with Crippen molar-refractivity contribution in [2.75, 3.05) is 12.3 Å². The van der Waals surface area contributed by atoms with Crippen molar-refractivity contribution in [2.24, 2.45) is 46.3 Å². The van der Waals surface area contributed by atoms with Crippen LogP contribution in [-0.2, 0) is 14.9 Å². The molecular formula is C26H45NO6S. The standard InChI is InChI=1S/C26H45NO6S/c1-16(4-7-24(30)27-12-13-34(31,32)33)19-5-6-20-18-15-23(29)22-14-17(28)8-10-26(22,3)21(18)9-11-25(19,20)2/h16-23,28-29H,4-15H2,1-3H3,(H,27,30)(H,31,32,33)/t16?,17?,18?,19?,20?,21?,22?,23?,25-,26-/m1/s1. The Morgan fingerprint density at radius 1 is 1.00 bits per heavy atom. The van der Waals surface area contributed by atoms with E-state index in [1.165, 1.54) is 25.7 Å². The predicted molar refractivity (Wildman–Crippen MR) is 130 cm³/mol. The number of aliphatic hydroxyl groups is 2. The highest BCUT2D eigenvalue weighted by atomic mass is 32.2. The Balaban J connectivity index is 1.38. The summed E-state index contributed by atoms with van der Waals surface area (Å²) in [5.74, 6) is 2.36. The number of carbonyl (C=O) groups excluding carboxylic acids is 1. The van der Waals surface area contributed by atoms with Crippen molar-refractivity contribution in [3.63, 3.8) is 0 Å². The minimum absolute atomic E-state index is 0.0581. The average molecular weight is 500 g/mol. The Morgan fingerprint density at radius 2 is 1.68 bits per heavy atom. The summed E-state index contributed by atoms with van der Waals surface area (Å²) in [4.78, 5) is 12.2. The van der Waals surface area contributed by atoms with Crippen LogP contribution in [0.2, 0.25) is 0 Å². The Hall–Kier alpha value is -0.700. The average Bonchev–Trinajstić information content (AvgIpc) is 3.10. The summed E-state index contributed by atoms with van der Waals surface area (Å²) in [7, 11) is -4.06. The molecule has 4 aliphatic rings. The van der Waals surface area contributed by atoms with Crippen LogP contribution in [0.1, 0.15) is 85.0 Å². The van der Waals surface area contributed by atoms with Gasteiger partial charge >= 0.3 is 0 Å². The second-order valence-corrected chi connectivity index (χ2v) is 14.2. The van der Waals surface area contributed by atoms with Crippen molar-refractivity contribution < 1.29 is 28.0 Å². The Morgan fingerprint density at radius 3 is 2.38 bits per heavy atom. The van der Waals surface area contributed by atoms with Gasteiger partial charge in [-0.1, -0.05) is 20.8 Å². The van der Waals surface area contributed by atoms with Gasteiger partial charge in [-0.2, -0.15) is 8.42 Å². The maximum absolute atomic E-state index is 12.2. The van der Waals surface area contributed by atoms with Gasteiger partial charge in [0.15, 0.2) is 0 Å². The van der Waals surface area contributed by atoms with Crippen molar-refractivity contribution >= 4 is 16.0 Å². The molecule has 4 aliphatic carbocycles. The Labute approximate surface area is 205 Å². The van der Waals surface area contributed by atoms with E-state index in [4.69, 9.17) is 4.55 Å². The van der Waals surface area contributed by atoms with Gasteiger partial charge in [-0.05, 0) is 104 Å². The van der Waals surface area contributed by atoms with Crippen LogP contribution in [0, 0.1) is 46.3 Å². The topological polar surface area (TPSA) is 124 Å². The minimum atomic E-state index is -4.06. The third-order valence-corrected chi connectivity index (χ3v) is 11.6. The molecule has 0 bridgehead atoms. The van der Waals surface area contributed by atoms with E-state index in [1.54, 1.807) is 0 Å². The molecule has 8 unspecified atom stereocenters. The number of nitrogens with one attached hydrogen (secondary N) is 1. The molecule has 0 heterocycles. The summed E-state index contributed by atoms with van der Waals surface area (Å²) in [6.07, 6.45) is 8.84. The molecule has 10 atom stereocenters. The molecule has 4 fully saturated rings. The SMILES string of the molecule is CC(CCC(=O)NCCS(=O)(=O)O)C1CCC2C3CC(O)C4CC(O)CC[C@]4(C)C3CC[C@]12C. The second kappa shape index (κ2) is 9.64. The van der Waals surface area contributed by atoms with Gasteiger partial charge in [0.1, 0.15) is 0 Å². The van der Waals surface area contributed by atoms with E-state index in [1.807, 2.05) is 0 Å². The van der Waals surface area contributed by atoms with Crippen LogP contribution in [0.25, 0.3) is 0 Å². The van der Waals surface area contributed by atoms with Gasteiger partial charge in [0.2, 0.25) is 5.91 Å². The van der Waals surface area contributed by atoms with Gasteiger partial charge in [0.05, 0.1) is 18.0 Å². The van der Waals surface area contributed by atoms with E-state index in [0.29, 0.717) is 36.0 Å². The number of rotatable bonds is 7. The Bertz CT molecular complexity index is 863. The van der Waals surface area contributed by atoms with Crippen LogP contribution < -0.4 is 5.32 Å². The van der Waals surface area contributed by atoms with Crippen LogP contribution in [0.5, 0.6) is 0 Å². The summed E-state index contributed by atoms with van der Waals surface area (Å²) >= 11 is 0. The highest BCUT2D eigenvalue weighted by Crippen LogP contribution is 2.68. The molecule has 34 heavy (non-hydrogen) atoms. The molecule has 196 valence electrons. The molecule has 0 aliphatic heterocycles. The van der Waals surface area contributed by atoms with E-state index < -0.39 is 15.9 Å². The molecular weight excluding hydrogens is 454 g/mol. The van der Waals surface area contributed by atoms with Crippen LogP contribution in [-0.4, -0.2) is 53.6 Å². The molecule has 0 aromatic rings. The van der Waals surface area contributed by atoms with E-state index in [-0.39, 0.29) is 41.4 Å². The van der Waals surface area contributed by atoms with Crippen molar-refractivity contribution in [2.45, 2.75) is 97.2 Å². The van der Waals surface area contributed by atoms with E-state index >= 15 is 0 Å². The van der Waals surface area contributed by atoms with Gasteiger partial charge in [-0.3, -0.25) is 9.35 Å². The normalized spacial score (nSPS) is 45.1. The third-order valence-electron chi connectivity index (χ3n) is 10.9. The summed E-state index contributed by atoms with van der Waals surface area (Å²) in [5.41, 5.74) is 0.367. The molecule has 0 spiro atoms. The van der Waals surface area contributed by atoms with Crippen LogP contribution in [0.3, 0.4) is 0 Å². The number of hydrogen-bond acceptors (Lipinski definition) is 5. The van der Waals surface area contributed by atoms with E-state index in [2.05, 4.69) is 26.1 Å². The highest BCUT2D eigenvalue weighted by Gasteiger charge is 2.62. The molecule has 8 heteroatoms. The first-order chi connectivity index (χ1) is 15.8. The fourth-order valence-electron chi connectivity index (χ4n) is 9.22. The Kier molecular flexibility index (Phi) is 7.47. The second-order valence-electron chi connectivity index (χ2n) is 12.6. The number of carbonyl (C=O) groups is 1. The lowest BCUT2D eigenvalue weighted by molar-refractivity contribution is -0.172. The number of amides is 1. The molecule has 7 nitrogen and oxygen atoms in total. The maximum atomic E-state index is 12.2. The van der Waals surface area contributed by atoms with Crippen LogP contribution >= 0.6 is 0 Å². The monoisotopic (exact) mass is 499 g/mol. The smallest absolute Gasteiger partial charge is 0.266 e. The summed E-state index contributed by atoms with van der Waals surface area (Å²) in [5, 5.41) is 24.0. The minimum Gasteiger partial charge on any atom is -0.393 e. The van der Waals surface area contributed by atoms with Crippen LogP contribution in [0.15, 0.2) is 0 Å². The molecule has 4 N–H and O–H groups in total. The first-order valence-corrected chi connectivity index (χ1v) is 15.0. The first-order valence-electron chi connectivity index (χ1n) is 13.4. The number of fused-ring (bicyclic) bond motifs is 5. The lowest BCUT2D eigenvalue weighted by atomic mass is 9.44. The van der Waals surface area contributed by atoms with E-state index in [0.717, 1.165) is 32.1 Å². The summed E-state index contributed by atoms with van der Waals surface area (Å²) < 4.78 is 30.5. The summed E-state index contributed by atoms with van der Waals surface area (Å²) in [6.45, 7) is 7.05. The fourth-order valence-corrected chi connectivity index (χ4v) is 9.58. The van der Waals surface area contributed by atoms with Gasteiger partial charge in [0.25, 0.3) is 10.1 Å². The quantitative estimate of drug-likeness (QED) is 0.398. The van der Waals surface area contributed by atoms with E-state index in [9.17, 15) is 23.4 Å². The van der Waals surface area contributed by atoms with Gasteiger partial charge in [0, 0.05) is 13.0 Å². The third kappa shape index (κ3) is 4.94. The largest absolute Gasteiger partial charge is 0.393 e. The molecule has 0 radical (unpaired) electrons. The zero-order chi connectivity index (χ0) is 24.9. The van der Waals surface area contributed by atoms with Crippen LogP contribution in [0.4, 0.5) is 0 Å². The van der Waals surface area contributed by atoms with Gasteiger partial charge in [-0.15, -0.1) is 0 Å². The van der Waals surface area contributed by atoms with Crippen molar-refractivity contribution in [1.29, 1.82) is 0 Å². The lowest BCUT2D eigenvalue weighted by Gasteiger charge is -2.62. The zero-order valence-corrected chi connectivity index (χ0v) is 21.9. The van der Waals surface area contributed by atoms with Crippen molar-refractivity contribution in [3.05, 3.63) is 0 Å². The zero-order valence-electron chi connectivity index (χ0n) is 21.1. The lowest BCUT2D eigenvalue weighted by Crippen LogP contribution is -2.58. The molecule has 0 saturated heterocycles. The predicted octanol–water partition coefficient (Wildman–Crippen LogP) is 3.40. The number of hydrogen-bond donors (Lipinski definition) is 4. The number of aliphatic hydroxyl groups excluding tert-OH is 2. The molecule has 4 saturated carbocycles. The van der Waals surface area contributed by atoms with Crippen molar-refractivity contribution in [1.82, 2.24) is 5.32 Å². The highest BCUT2D eigenvalue weighted by molar-refractivity contribution is 7.85.